The summed E-state index contributed by atoms with van der Waals surface area (Å²) in [5.74, 6) is 2.12. The maximum Gasteiger partial charge on any atom is 0.0158 e. The van der Waals surface area contributed by atoms with Crippen LogP contribution in [0.5, 0.6) is 0 Å². The van der Waals surface area contributed by atoms with Gasteiger partial charge in [0.05, 0.1) is 0 Å². The summed E-state index contributed by atoms with van der Waals surface area (Å²) < 4.78 is 0. The van der Waals surface area contributed by atoms with Crippen LogP contribution in [0.4, 0.5) is 0 Å². The molecular weight excluding hydrogens is 178 g/mol. The molecule has 1 N–H and O–H groups in total. The first-order valence-electron chi connectivity index (χ1n) is 5.55. The van der Waals surface area contributed by atoms with Crippen molar-refractivity contribution in [3.05, 3.63) is 0 Å². The van der Waals surface area contributed by atoms with Gasteiger partial charge in [0.25, 0.3) is 0 Å². The van der Waals surface area contributed by atoms with Gasteiger partial charge in [-0.2, -0.15) is 11.8 Å². The van der Waals surface area contributed by atoms with Crippen molar-refractivity contribution in [3.8, 4) is 0 Å². The summed E-state index contributed by atoms with van der Waals surface area (Å²) in [6, 6.07) is 0.792. The molecular formula is C11H23NS. The van der Waals surface area contributed by atoms with Crippen LogP contribution in [0, 0.1) is 5.92 Å². The van der Waals surface area contributed by atoms with Crippen LogP contribution in [0.15, 0.2) is 0 Å². The number of rotatable bonds is 4. The van der Waals surface area contributed by atoms with Crippen molar-refractivity contribution in [2.75, 3.05) is 12.3 Å². The summed E-state index contributed by atoms with van der Waals surface area (Å²) in [6.07, 6.45) is 4.19. The van der Waals surface area contributed by atoms with Gasteiger partial charge in [-0.1, -0.05) is 27.2 Å². The van der Waals surface area contributed by atoms with Gasteiger partial charge in [-0.05, 0) is 25.3 Å². The van der Waals surface area contributed by atoms with Crippen molar-refractivity contribution < 1.29 is 0 Å². The minimum absolute atomic E-state index is 0.792. The fourth-order valence-corrected chi connectivity index (χ4v) is 2.73. The van der Waals surface area contributed by atoms with Gasteiger partial charge in [0.2, 0.25) is 0 Å². The van der Waals surface area contributed by atoms with E-state index in [0.29, 0.717) is 0 Å². The molecule has 0 saturated carbocycles. The van der Waals surface area contributed by atoms with Crippen molar-refractivity contribution >= 4 is 11.8 Å². The Hall–Kier alpha value is 0.310. The van der Waals surface area contributed by atoms with E-state index in [9.17, 15) is 0 Å². The molecule has 1 rings (SSSR count). The Bertz CT molecular complexity index is 130. The van der Waals surface area contributed by atoms with Crippen LogP contribution in [0.3, 0.4) is 0 Å². The first-order chi connectivity index (χ1) is 6.20. The first-order valence-corrected chi connectivity index (χ1v) is 6.60. The third kappa shape index (κ3) is 4.37. The Morgan fingerprint density at radius 1 is 1.31 bits per heavy atom. The average Bonchev–Trinajstić information content (AvgIpc) is 2.15. The lowest BCUT2D eigenvalue weighted by Crippen LogP contribution is -2.36. The number of nitrogens with one attached hydrogen (secondary N) is 1. The number of hydrogen-bond acceptors (Lipinski definition) is 2. The van der Waals surface area contributed by atoms with Gasteiger partial charge in [-0.15, -0.1) is 0 Å². The molecule has 2 unspecified atom stereocenters. The van der Waals surface area contributed by atoms with Crippen LogP contribution in [-0.2, 0) is 0 Å². The van der Waals surface area contributed by atoms with Gasteiger partial charge < -0.3 is 5.32 Å². The predicted octanol–water partition coefficient (Wildman–Crippen LogP) is 2.91. The maximum atomic E-state index is 3.59. The predicted molar refractivity (Wildman–Crippen MR) is 62.4 cm³/mol. The molecule has 78 valence electrons. The molecule has 1 fully saturated rings. The molecule has 1 nitrogen and oxygen atoms in total. The largest absolute Gasteiger partial charge is 0.313 e. The van der Waals surface area contributed by atoms with E-state index in [-0.39, 0.29) is 0 Å². The topological polar surface area (TPSA) is 12.0 Å². The van der Waals surface area contributed by atoms with Crippen molar-refractivity contribution in [3.63, 3.8) is 0 Å². The summed E-state index contributed by atoms with van der Waals surface area (Å²) in [7, 11) is 0. The van der Waals surface area contributed by atoms with Crippen LogP contribution >= 0.6 is 11.8 Å². The Morgan fingerprint density at radius 3 is 2.62 bits per heavy atom. The summed E-state index contributed by atoms with van der Waals surface area (Å²) in [5.41, 5.74) is 0. The number of thioether (sulfide) groups is 1. The third-order valence-electron chi connectivity index (χ3n) is 2.91. The van der Waals surface area contributed by atoms with Crippen molar-refractivity contribution in [2.24, 2.45) is 5.92 Å². The zero-order valence-corrected chi connectivity index (χ0v) is 9.99. The van der Waals surface area contributed by atoms with E-state index in [1.54, 1.807) is 0 Å². The highest BCUT2D eigenvalue weighted by Gasteiger charge is 2.15. The van der Waals surface area contributed by atoms with Crippen LogP contribution in [0.2, 0.25) is 0 Å². The Morgan fingerprint density at radius 2 is 2.08 bits per heavy atom. The highest BCUT2D eigenvalue weighted by Crippen LogP contribution is 2.21. The summed E-state index contributed by atoms with van der Waals surface area (Å²) in [4.78, 5) is 0. The minimum Gasteiger partial charge on any atom is -0.313 e. The van der Waals surface area contributed by atoms with Gasteiger partial charge in [0.15, 0.2) is 0 Å². The smallest absolute Gasteiger partial charge is 0.0158 e. The van der Waals surface area contributed by atoms with E-state index in [2.05, 4.69) is 37.8 Å². The van der Waals surface area contributed by atoms with Crippen LogP contribution in [-0.4, -0.2) is 23.6 Å². The summed E-state index contributed by atoms with van der Waals surface area (Å²) in [6.45, 7) is 8.21. The lowest BCUT2D eigenvalue weighted by Gasteiger charge is -2.25. The zero-order valence-electron chi connectivity index (χ0n) is 9.18. The van der Waals surface area contributed by atoms with Gasteiger partial charge in [-0.3, -0.25) is 0 Å². The average molecular weight is 201 g/mol. The number of piperidine rings is 1. The first kappa shape index (κ1) is 11.4. The van der Waals surface area contributed by atoms with Crippen LogP contribution in [0.25, 0.3) is 0 Å². The van der Waals surface area contributed by atoms with Crippen molar-refractivity contribution in [1.82, 2.24) is 5.32 Å². The maximum absolute atomic E-state index is 3.59. The summed E-state index contributed by atoms with van der Waals surface area (Å²) in [5, 5.41) is 4.40. The normalized spacial score (nSPS) is 26.3. The zero-order chi connectivity index (χ0) is 9.68. The molecule has 0 aromatic heterocycles. The highest BCUT2D eigenvalue weighted by molar-refractivity contribution is 7.99. The molecule has 0 amide bonds. The quantitative estimate of drug-likeness (QED) is 0.750. The third-order valence-corrected chi connectivity index (χ3v) is 4.58. The minimum atomic E-state index is 0.792. The molecule has 0 bridgehead atoms. The van der Waals surface area contributed by atoms with Crippen LogP contribution < -0.4 is 5.32 Å². The fraction of sp³-hybridized carbons (Fsp3) is 1.00. The summed E-state index contributed by atoms with van der Waals surface area (Å²) >= 11 is 2.13. The van der Waals surface area contributed by atoms with E-state index < -0.39 is 0 Å². The molecule has 13 heavy (non-hydrogen) atoms. The Labute approximate surface area is 87.1 Å². The Balaban J connectivity index is 2.10. The van der Waals surface area contributed by atoms with Crippen molar-refractivity contribution in [2.45, 2.75) is 51.3 Å². The fourth-order valence-electron chi connectivity index (χ4n) is 1.53. The molecule has 0 radical (unpaired) electrons. The molecule has 0 aromatic carbocycles. The molecule has 1 aliphatic rings. The second kappa shape index (κ2) is 5.92. The second-order valence-electron chi connectivity index (χ2n) is 4.43. The standard InChI is InChI=1S/C11H23NS/c1-9(2)10(3)13-8-11-6-4-5-7-12-11/h9-12H,4-8H2,1-3H3. The van der Waals surface area contributed by atoms with Crippen molar-refractivity contribution in [1.29, 1.82) is 0 Å². The molecule has 2 heteroatoms. The van der Waals surface area contributed by atoms with E-state index in [1.165, 1.54) is 31.6 Å². The molecule has 1 aliphatic heterocycles. The number of hydrogen-bond donors (Lipinski definition) is 1. The van der Waals surface area contributed by atoms with Gasteiger partial charge in [-0.25, -0.2) is 0 Å². The molecule has 1 heterocycles. The lowest BCUT2D eigenvalue weighted by atomic mass is 10.1. The molecule has 0 aromatic rings. The van der Waals surface area contributed by atoms with Gasteiger partial charge >= 0.3 is 0 Å². The molecule has 1 saturated heterocycles. The Kier molecular flexibility index (Phi) is 5.18. The van der Waals surface area contributed by atoms with Gasteiger partial charge in [0.1, 0.15) is 0 Å². The monoisotopic (exact) mass is 201 g/mol. The highest BCUT2D eigenvalue weighted by atomic mass is 32.2. The molecule has 2 atom stereocenters. The SMILES string of the molecule is CC(C)C(C)SCC1CCCCN1. The molecule has 0 spiro atoms. The lowest BCUT2D eigenvalue weighted by molar-refractivity contribution is 0.429. The van der Waals surface area contributed by atoms with Gasteiger partial charge in [0, 0.05) is 17.0 Å². The molecule has 0 aliphatic carbocycles. The van der Waals surface area contributed by atoms with E-state index in [0.717, 1.165) is 17.2 Å². The van der Waals surface area contributed by atoms with E-state index in [1.807, 2.05) is 0 Å². The van der Waals surface area contributed by atoms with E-state index >= 15 is 0 Å². The van der Waals surface area contributed by atoms with Crippen LogP contribution in [0.1, 0.15) is 40.0 Å². The van der Waals surface area contributed by atoms with E-state index in [4.69, 9.17) is 0 Å². The second-order valence-corrected chi connectivity index (χ2v) is 5.84.